The van der Waals surface area contributed by atoms with Crippen molar-refractivity contribution in [1.29, 1.82) is 0 Å². The Bertz CT molecular complexity index is 2800. The second-order valence-corrected chi connectivity index (χ2v) is 16.1. The standard InChI is InChI=1S/C51H41BN2O2/c1-7-8-9-18-33(2)48-53-45-24-15-17-26-47(45)54(48)46-25-16-12-19-36(46)34-27-29-39-40-30-28-35(52-55-49(3,4)50(5,6)56-52)32-44(40)51(43(39)31-34)41-22-13-10-20-37(41)38-21-11-14-23-42(38)51/h1,8-32H,2-6H3/b9-8-,33-18+. The molecule has 56 heavy (non-hydrogen) atoms. The Labute approximate surface area is 329 Å². The summed E-state index contributed by atoms with van der Waals surface area (Å²) in [5.74, 6) is 3.47. The van der Waals surface area contributed by atoms with Crippen molar-refractivity contribution in [2.24, 2.45) is 0 Å². The topological polar surface area (TPSA) is 36.3 Å². The molecule has 1 aromatic heterocycles. The van der Waals surface area contributed by atoms with Crippen LogP contribution < -0.4 is 5.46 Å². The van der Waals surface area contributed by atoms with E-state index in [9.17, 15) is 0 Å². The highest BCUT2D eigenvalue weighted by Crippen LogP contribution is 2.63. The van der Waals surface area contributed by atoms with E-state index in [1.54, 1.807) is 6.08 Å². The van der Waals surface area contributed by atoms with Crippen molar-refractivity contribution >= 4 is 29.2 Å². The average Bonchev–Trinajstić information content (AvgIpc) is 3.90. The third-order valence-corrected chi connectivity index (χ3v) is 12.5. The summed E-state index contributed by atoms with van der Waals surface area (Å²) >= 11 is 0. The Morgan fingerprint density at radius 2 is 1.23 bits per heavy atom. The lowest BCUT2D eigenvalue weighted by molar-refractivity contribution is 0.00578. The van der Waals surface area contributed by atoms with Crippen molar-refractivity contribution in [2.45, 2.75) is 51.2 Å². The monoisotopic (exact) mass is 724 g/mol. The van der Waals surface area contributed by atoms with Gasteiger partial charge in [-0.1, -0.05) is 127 Å². The number of nitrogens with zero attached hydrogens (tertiary/aromatic N) is 2. The largest absolute Gasteiger partial charge is 0.494 e. The number of hydrogen-bond acceptors (Lipinski definition) is 3. The summed E-state index contributed by atoms with van der Waals surface area (Å²) in [4.78, 5) is 5.14. The van der Waals surface area contributed by atoms with Gasteiger partial charge in [0.05, 0.1) is 33.3 Å². The van der Waals surface area contributed by atoms with Crippen LogP contribution in [0.3, 0.4) is 0 Å². The smallest absolute Gasteiger partial charge is 0.399 e. The molecule has 1 saturated heterocycles. The summed E-state index contributed by atoms with van der Waals surface area (Å²) in [5.41, 5.74) is 16.0. The Hall–Kier alpha value is -6.19. The van der Waals surface area contributed by atoms with Crippen LogP contribution in [-0.4, -0.2) is 27.9 Å². The van der Waals surface area contributed by atoms with E-state index in [1.807, 2.05) is 18.2 Å². The number of hydrogen-bond donors (Lipinski definition) is 0. The quantitative estimate of drug-likeness (QED) is 0.101. The number of allylic oxidation sites excluding steroid dienone is 4. The van der Waals surface area contributed by atoms with Crippen molar-refractivity contribution in [3.8, 4) is 51.4 Å². The molecule has 0 unspecified atom stereocenters. The average molecular weight is 725 g/mol. The van der Waals surface area contributed by atoms with E-state index in [0.717, 1.165) is 44.7 Å². The molecule has 2 heterocycles. The van der Waals surface area contributed by atoms with E-state index in [2.05, 4.69) is 172 Å². The molecule has 3 aliphatic rings. The summed E-state index contributed by atoms with van der Waals surface area (Å²) in [5, 5.41) is 0. The van der Waals surface area contributed by atoms with Gasteiger partial charge in [0, 0.05) is 5.56 Å². The van der Waals surface area contributed by atoms with Gasteiger partial charge in [-0.05, 0) is 126 Å². The summed E-state index contributed by atoms with van der Waals surface area (Å²) in [6.07, 6.45) is 11.2. The highest BCUT2D eigenvalue weighted by atomic mass is 16.7. The van der Waals surface area contributed by atoms with Crippen molar-refractivity contribution in [3.05, 3.63) is 180 Å². The molecule has 1 spiro atoms. The molecule has 0 N–H and O–H groups in total. The predicted molar refractivity (Wildman–Crippen MR) is 230 cm³/mol. The number of terminal acetylenes is 1. The maximum atomic E-state index is 6.64. The first-order chi connectivity index (χ1) is 27.1. The minimum absolute atomic E-state index is 0.445. The second kappa shape index (κ2) is 12.4. The third kappa shape index (κ3) is 4.80. The SMILES string of the molecule is C#C/C=C\C=C(/C)c1nc2ccccc2n1-c1ccccc1-c1ccc2c(c1)C1(c3ccccc3-c3ccccc31)c1cc(B3OC(C)(C)C(C)(C)O3)ccc1-2. The zero-order valence-corrected chi connectivity index (χ0v) is 32.3. The fourth-order valence-electron chi connectivity index (χ4n) is 9.22. The molecule has 0 radical (unpaired) electrons. The second-order valence-electron chi connectivity index (χ2n) is 16.1. The molecule has 0 atom stereocenters. The maximum Gasteiger partial charge on any atom is 0.494 e. The van der Waals surface area contributed by atoms with Crippen LogP contribution in [0.4, 0.5) is 0 Å². The van der Waals surface area contributed by atoms with Gasteiger partial charge in [0.2, 0.25) is 0 Å². The van der Waals surface area contributed by atoms with Gasteiger partial charge in [-0.15, -0.1) is 6.42 Å². The fraction of sp³-hybridized carbons (Fsp3) is 0.157. The zero-order valence-electron chi connectivity index (χ0n) is 32.3. The third-order valence-electron chi connectivity index (χ3n) is 12.5. The van der Waals surface area contributed by atoms with E-state index in [0.29, 0.717) is 0 Å². The van der Waals surface area contributed by atoms with Gasteiger partial charge in [0.25, 0.3) is 0 Å². The molecule has 10 rings (SSSR count). The summed E-state index contributed by atoms with van der Waals surface area (Å²) in [6.45, 7) is 10.5. The minimum Gasteiger partial charge on any atom is -0.399 e. The van der Waals surface area contributed by atoms with Crippen molar-refractivity contribution in [2.75, 3.05) is 0 Å². The minimum atomic E-state index is -0.544. The lowest BCUT2D eigenvalue weighted by Gasteiger charge is -2.32. The van der Waals surface area contributed by atoms with Crippen LogP contribution in [-0.2, 0) is 14.7 Å². The van der Waals surface area contributed by atoms with E-state index < -0.39 is 23.7 Å². The molecule has 0 bridgehead atoms. The first kappa shape index (κ1) is 34.3. The fourth-order valence-corrected chi connectivity index (χ4v) is 9.22. The van der Waals surface area contributed by atoms with E-state index in [4.69, 9.17) is 20.7 Å². The van der Waals surface area contributed by atoms with Crippen LogP contribution in [0.2, 0.25) is 0 Å². The predicted octanol–water partition coefficient (Wildman–Crippen LogP) is 10.9. The van der Waals surface area contributed by atoms with E-state index in [1.165, 1.54) is 44.5 Å². The van der Waals surface area contributed by atoms with Gasteiger partial charge in [-0.2, -0.15) is 0 Å². The molecule has 6 aromatic carbocycles. The van der Waals surface area contributed by atoms with Crippen LogP contribution in [0.1, 0.15) is 62.7 Å². The molecular weight excluding hydrogens is 683 g/mol. The number of aromatic nitrogens is 2. The van der Waals surface area contributed by atoms with Gasteiger partial charge in [0.15, 0.2) is 0 Å². The van der Waals surface area contributed by atoms with Gasteiger partial charge in [-0.25, -0.2) is 4.98 Å². The Morgan fingerprint density at radius 1 is 0.661 bits per heavy atom. The molecule has 0 saturated carbocycles. The summed E-state index contributed by atoms with van der Waals surface area (Å²) in [7, 11) is -0.473. The zero-order chi connectivity index (χ0) is 38.4. The van der Waals surface area contributed by atoms with Gasteiger partial charge >= 0.3 is 7.12 Å². The van der Waals surface area contributed by atoms with E-state index in [-0.39, 0.29) is 0 Å². The molecule has 4 nitrogen and oxygen atoms in total. The lowest BCUT2D eigenvalue weighted by atomic mass is 9.68. The van der Waals surface area contributed by atoms with Gasteiger partial charge < -0.3 is 9.31 Å². The summed E-state index contributed by atoms with van der Waals surface area (Å²) < 4.78 is 15.6. The Kier molecular flexibility index (Phi) is 7.61. The number of para-hydroxylation sites is 3. The first-order valence-electron chi connectivity index (χ1n) is 19.4. The molecule has 2 aliphatic carbocycles. The van der Waals surface area contributed by atoms with Gasteiger partial charge in [-0.3, -0.25) is 4.57 Å². The normalized spacial score (nSPS) is 16.9. The van der Waals surface area contributed by atoms with Crippen LogP contribution >= 0.6 is 0 Å². The Morgan fingerprint density at radius 3 is 1.93 bits per heavy atom. The molecule has 1 aliphatic heterocycles. The van der Waals surface area contributed by atoms with Crippen LogP contribution in [0.25, 0.3) is 55.7 Å². The molecule has 270 valence electrons. The Balaban J connectivity index is 1.21. The van der Waals surface area contributed by atoms with Gasteiger partial charge in [0.1, 0.15) is 5.82 Å². The maximum absolute atomic E-state index is 6.64. The van der Waals surface area contributed by atoms with Crippen LogP contribution in [0.15, 0.2) is 152 Å². The van der Waals surface area contributed by atoms with Crippen molar-refractivity contribution in [1.82, 2.24) is 9.55 Å². The van der Waals surface area contributed by atoms with E-state index >= 15 is 0 Å². The molecule has 5 heteroatoms. The highest BCUT2D eigenvalue weighted by Gasteiger charge is 2.54. The lowest BCUT2D eigenvalue weighted by Crippen LogP contribution is -2.41. The first-order valence-corrected chi connectivity index (χ1v) is 19.4. The number of benzene rings is 6. The molecular formula is C51H41BN2O2. The summed E-state index contributed by atoms with van der Waals surface area (Å²) in [6, 6.07) is 48.8. The van der Waals surface area contributed by atoms with Crippen molar-refractivity contribution < 1.29 is 9.31 Å². The number of rotatable bonds is 5. The highest BCUT2D eigenvalue weighted by molar-refractivity contribution is 6.62. The molecule has 1 fully saturated rings. The number of fused-ring (bicyclic) bond motifs is 11. The molecule has 0 amide bonds. The van der Waals surface area contributed by atoms with Crippen molar-refractivity contribution in [3.63, 3.8) is 0 Å². The number of imidazole rings is 1. The van der Waals surface area contributed by atoms with Crippen LogP contribution in [0.5, 0.6) is 0 Å². The molecule has 7 aromatic rings. The van der Waals surface area contributed by atoms with Crippen LogP contribution in [0, 0.1) is 12.3 Å².